The van der Waals surface area contributed by atoms with E-state index in [9.17, 15) is 24.3 Å². The number of aromatic carboxylic acids is 1. The van der Waals surface area contributed by atoms with Crippen LogP contribution in [0.15, 0.2) is 88.1 Å². The summed E-state index contributed by atoms with van der Waals surface area (Å²) in [7, 11) is 0. The highest BCUT2D eigenvalue weighted by molar-refractivity contribution is 5.91. The number of hydrogen-bond acceptors (Lipinski definition) is 7. The molecule has 0 saturated carbocycles. The van der Waals surface area contributed by atoms with Crippen LogP contribution >= 0.6 is 0 Å². The number of hydrogen-bond donors (Lipinski definition) is 2. The van der Waals surface area contributed by atoms with Crippen LogP contribution in [0.4, 0.5) is 0 Å². The fourth-order valence-corrected chi connectivity index (χ4v) is 3.70. The van der Waals surface area contributed by atoms with Gasteiger partial charge >= 0.3 is 17.6 Å². The lowest BCUT2D eigenvalue weighted by Gasteiger charge is -2.17. The van der Waals surface area contributed by atoms with Crippen LogP contribution in [0.1, 0.15) is 47.7 Å². The predicted octanol–water partition coefficient (Wildman–Crippen LogP) is 4.92. The molecule has 4 aromatic rings. The summed E-state index contributed by atoms with van der Waals surface area (Å²) in [6.45, 7) is 2.69. The lowest BCUT2D eigenvalue weighted by atomic mass is 9.87. The number of fused-ring (bicyclic) bond motifs is 1. The molecule has 0 aliphatic rings. The number of esters is 1. The van der Waals surface area contributed by atoms with E-state index in [4.69, 9.17) is 9.52 Å². The van der Waals surface area contributed by atoms with Gasteiger partial charge in [-0.3, -0.25) is 9.59 Å². The van der Waals surface area contributed by atoms with Crippen molar-refractivity contribution in [3.63, 3.8) is 0 Å². The number of benzene rings is 3. The van der Waals surface area contributed by atoms with Crippen molar-refractivity contribution in [3.8, 4) is 11.5 Å². The molecule has 4 rings (SSSR count). The highest BCUT2D eigenvalue weighted by Crippen LogP contribution is 2.36. The van der Waals surface area contributed by atoms with Gasteiger partial charge in [0.25, 0.3) is 0 Å². The second kappa shape index (κ2) is 11.6. The monoisotopic (exact) mass is 488 g/mol. The van der Waals surface area contributed by atoms with Crippen molar-refractivity contribution < 1.29 is 33.8 Å². The summed E-state index contributed by atoms with van der Waals surface area (Å²) >= 11 is 0. The van der Waals surface area contributed by atoms with Gasteiger partial charge in [0.05, 0.1) is 10.9 Å². The quantitative estimate of drug-likeness (QED) is 0.222. The Hall–Kier alpha value is -4.72. The molecule has 2 N–H and O–H groups in total. The first-order valence-corrected chi connectivity index (χ1v) is 11.0. The van der Waals surface area contributed by atoms with Gasteiger partial charge in [-0.25, -0.2) is 9.59 Å². The summed E-state index contributed by atoms with van der Waals surface area (Å²) in [4.78, 5) is 45.3. The topological polar surface area (TPSA) is 131 Å². The Morgan fingerprint density at radius 1 is 0.889 bits per heavy atom. The van der Waals surface area contributed by atoms with Crippen LogP contribution in [0.3, 0.4) is 0 Å². The zero-order valence-corrected chi connectivity index (χ0v) is 19.6. The number of Topliss-reactive ketones (excluding diaryl/α,β-unsaturated/α-hetero) is 1. The summed E-state index contributed by atoms with van der Waals surface area (Å²) in [5.74, 6) is -2.29. The largest absolute Gasteiger partial charge is 0.507 e. The summed E-state index contributed by atoms with van der Waals surface area (Å²) in [6.07, 6.45) is 0.126. The molecule has 1 heterocycles. The second-order valence-electron chi connectivity index (χ2n) is 7.91. The Bertz CT molecular complexity index is 1450. The van der Waals surface area contributed by atoms with Crippen LogP contribution in [0.25, 0.3) is 11.0 Å². The fourth-order valence-electron chi connectivity index (χ4n) is 3.70. The van der Waals surface area contributed by atoms with Gasteiger partial charge in [0, 0.05) is 19.3 Å². The fraction of sp³-hybridized carbons (Fsp3) is 0.143. The molecule has 1 atom stereocenters. The highest BCUT2D eigenvalue weighted by Gasteiger charge is 2.25. The first-order chi connectivity index (χ1) is 17.2. The summed E-state index contributed by atoms with van der Waals surface area (Å²) in [6, 6.07) is 22.0. The molecule has 8 nitrogen and oxygen atoms in total. The second-order valence-corrected chi connectivity index (χ2v) is 7.91. The van der Waals surface area contributed by atoms with Gasteiger partial charge < -0.3 is 19.4 Å². The SMILES string of the molecule is CC(=O)CC(c1ccccc1)c1c(O)c2ccccc2oc1=O.CC(=O)Oc1ccccc1C(=O)O. The van der Waals surface area contributed by atoms with Gasteiger partial charge in [0.2, 0.25) is 0 Å². The van der Waals surface area contributed by atoms with Crippen molar-refractivity contribution >= 4 is 28.7 Å². The van der Waals surface area contributed by atoms with E-state index in [1.165, 1.54) is 26.0 Å². The molecule has 1 aromatic heterocycles. The molecule has 1 unspecified atom stereocenters. The van der Waals surface area contributed by atoms with E-state index < -0.39 is 23.5 Å². The van der Waals surface area contributed by atoms with Gasteiger partial charge in [0.15, 0.2) is 0 Å². The van der Waals surface area contributed by atoms with Crippen molar-refractivity contribution in [2.24, 2.45) is 0 Å². The first kappa shape index (κ1) is 25.9. The Balaban J connectivity index is 0.000000236. The van der Waals surface area contributed by atoms with Crippen LogP contribution in [-0.4, -0.2) is 27.9 Å². The molecule has 184 valence electrons. The van der Waals surface area contributed by atoms with E-state index >= 15 is 0 Å². The molecule has 3 aromatic carbocycles. The molecule has 0 spiro atoms. The maximum absolute atomic E-state index is 12.4. The van der Waals surface area contributed by atoms with Gasteiger partial charge in [0.1, 0.15) is 28.4 Å². The Labute approximate surface area is 206 Å². The maximum atomic E-state index is 12.4. The van der Waals surface area contributed by atoms with Crippen LogP contribution in [0.2, 0.25) is 0 Å². The number of carbonyl (C=O) groups excluding carboxylic acids is 2. The summed E-state index contributed by atoms with van der Waals surface area (Å²) in [5, 5.41) is 19.8. The van der Waals surface area contributed by atoms with Crippen molar-refractivity contribution in [1.29, 1.82) is 0 Å². The number of carboxylic acids is 1. The average molecular weight is 488 g/mol. The third-order valence-electron chi connectivity index (χ3n) is 5.23. The normalized spacial score (nSPS) is 11.2. The Kier molecular flexibility index (Phi) is 8.35. The first-order valence-electron chi connectivity index (χ1n) is 11.0. The lowest BCUT2D eigenvalue weighted by molar-refractivity contribution is -0.131. The molecule has 0 fully saturated rings. The number of carboxylic acid groups (broad SMARTS) is 1. The van der Waals surface area contributed by atoms with Crippen molar-refractivity contribution in [2.75, 3.05) is 0 Å². The van der Waals surface area contributed by atoms with Crippen molar-refractivity contribution in [2.45, 2.75) is 26.2 Å². The maximum Gasteiger partial charge on any atom is 0.343 e. The van der Waals surface area contributed by atoms with Crippen LogP contribution in [0, 0.1) is 0 Å². The number of rotatable bonds is 6. The van der Waals surface area contributed by atoms with Crippen molar-refractivity contribution in [1.82, 2.24) is 0 Å². The van der Waals surface area contributed by atoms with E-state index in [0.717, 1.165) is 5.56 Å². The van der Waals surface area contributed by atoms with E-state index in [-0.39, 0.29) is 34.8 Å². The Morgan fingerprint density at radius 2 is 1.50 bits per heavy atom. The minimum Gasteiger partial charge on any atom is -0.507 e. The molecule has 0 bridgehead atoms. The van der Waals surface area contributed by atoms with Crippen LogP contribution in [-0.2, 0) is 9.59 Å². The zero-order chi connectivity index (χ0) is 26.2. The minimum absolute atomic E-state index is 0.0160. The summed E-state index contributed by atoms with van der Waals surface area (Å²) < 4.78 is 10.0. The van der Waals surface area contributed by atoms with E-state index in [2.05, 4.69) is 4.74 Å². The van der Waals surface area contributed by atoms with Gasteiger partial charge in [-0.05, 0) is 36.8 Å². The molecule has 8 heteroatoms. The molecular weight excluding hydrogens is 464 g/mol. The predicted molar refractivity (Wildman–Crippen MR) is 132 cm³/mol. The van der Waals surface area contributed by atoms with Crippen LogP contribution in [0.5, 0.6) is 11.5 Å². The van der Waals surface area contributed by atoms with Gasteiger partial charge in [-0.1, -0.05) is 54.6 Å². The van der Waals surface area contributed by atoms with Gasteiger partial charge in [-0.15, -0.1) is 0 Å². The van der Waals surface area contributed by atoms with E-state index in [1.807, 2.05) is 30.3 Å². The molecule has 0 aliphatic heterocycles. The number of para-hydroxylation sites is 2. The summed E-state index contributed by atoms with van der Waals surface area (Å²) in [5.41, 5.74) is 0.619. The zero-order valence-electron chi connectivity index (χ0n) is 19.6. The third-order valence-corrected chi connectivity index (χ3v) is 5.23. The number of ketones is 1. The van der Waals surface area contributed by atoms with E-state index in [1.54, 1.807) is 36.4 Å². The smallest absolute Gasteiger partial charge is 0.343 e. The van der Waals surface area contributed by atoms with Gasteiger partial charge in [-0.2, -0.15) is 0 Å². The van der Waals surface area contributed by atoms with Crippen LogP contribution < -0.4 is 10.4 Å². The molecule has 36 heavy (non-hydrogen) atoms. The Morgan fingerprint density at radius 3 is 2.14 bits per heavy atom. The highest BCUT2D eigenvalue weighted by atomic mass is 16.5. The standard InChI is InChI=1S/C19H16O4.C9H8O4/c1-12(20)11-15(13-7-3-2-4-8-13)17-18(21)14-9-5-6-10-16(14)23-19(17)22;1-6(10)13-8-5-3-2-4-7(8)9(11)12/h2-10,15,21H,11H2,1H3;2-5H,1H3,(H,11,12). The molecular formula is C28H24O8. The molecule has 0 radical (unpaired) electrons. The van der Waals surface area contributed by atoms with Crippen molar-refractivity contribution in [3.05, 3.63) is 106 Å². The number of aromatic hydroxyl groups is 1. The van der Waals surface area contributed by atoms with E-state index in [0.29, 0.717) is 11.0 Å². The minimum atomic E-state index is -1.11. The molecule has 0 saturated heterocycles. The number of carbonyl (C=O) groups is 3. The average Bonchev–Trinajstić information content (AvgIpc) is 2.84. The number of ether oxygens (including phenoxy) is 1. The molecule has 0 aliphatic carbocycles. The lowest BCUT2D eigenvalue weighted by Crippen LogP contribution is -2.16. The third kappa shape index (κ3) is 6.24. The molecule has 0 amide bonds.